The molecule has 4 heteroatoms. The molecule has 0 aromatic heterocycles. The van der Waals surface area contributed by atoms with Gasteiger partial charge in [-0.3, -0.25) is 4.79 Å². The molecule has 0 heterocycles. The minimum atomic E-state index is -0.588. The number of aliphatic hydroxyl groups excluding tert-OH is 2. The van der Waals surface area contributed by atoms with Crippen LogP contribution in [0.1, 0.15) is 106 Å². The number of hydrogen-bond acceptors (Lipinski definition) is 3. The largest absolute Gasteiger partial charge is 0.481 e. The number of carboxylic acids is 1. The number of aliphatic carboxylic acids is 1. The fraction of sp³-hybridized carbons (Fsp3) is 0.900. The van der Waals surface area contributed by atoms with Gasteiger partial charge < -0.3 is 15.3 Å². The van der Waals surface area contributed by atoms with Crippen molar-refractivity contribution in [3.63, 3.8) is 0 Å². The van der Waals surface area contributed by atoms with Crippen LogP contribution in [0.2, 0.25) is 0 Å². The molecule has 192 valence electrons. The van der Waals surface area contributed by atoms with Crippen LogP contribution in [-0.2, 0) is 4.79 Å². The van der Waals surface area contributed by atoms with Gasteiger partial charge in [0.15, 0.2) is 0 Å². The molecule has 0 unspecified atom stereocenters. The summed E-state index contributed by atoms with van der Waals surface area (Å²) >= 11 is 0. The Morgan fingerprint density at radius 3 is 2.26 bits per heavy atom. The number of allylic oxidation sites excluding steroid dienone is 2. The lowest BCUT2D eigenvalue weighted by Crippen LogP contribution is -2.65. The van der Waals surface area contributed by atoms with E-state index in [9.17, 15) is 20.1 Å². The summed E-state index contributed by atoms with van der Waals surface area (Å²) in [5.74, 6) is 0.395. The summed E-state index contributed by atoms with van der Waals surface area (Å²) < 4.78 is 0. The topological polar surface area (TPSA) is 77.8 Å². The Morgan fingerprint density at radius 2 is 1.62 bits per heavy atom. The molecule has 0 aromatic carbocycles. The predicted octanol–water partition coefficient (Wildman–Crippen LogP) is 6.21. The summed E-state index contributed by atoms with van der Waals surface area (Å²) in [5.41, 5.74) is 0.858. The second-order valence-electron chi connectivity index (χ2n) is 14.9. The summed E-state index contributed by atoms with van der Waals surface area (Å²) in [4.78, 5) is 12.8. The highest BCUT2D eigenvalue weighted by Crippen LogP contribution is 2.75. The second kappa shape index (κ2) is 7.34. The van der Waals surface area contributed by atoms with Crippen LogP contribution in [-0.4, -0.2) is 34.0 Å². The van der Waals surface area contributed by atoms with Crippen LogP contribution in [0.5, 0.6) is 0 Å². The number of hydrogen-bond donors (Lipinski definition) is 3. The van der Waals surface area contributed by atoms with Gasteiger partial charge in [0.2, 0.25) is 0 Å². The maximum atomic E-state index is 12.8. The number of aliphatic hydroxyl groups is 2. The van der Waals surface area contributed by atoms with Crippen molar-refractivity contribution in [3.8, 4) is 0 Å². The molecule has 0 bridgehead atoms. The normalized spacial score (nSPS) is 54.1. The minimum Gasteiger partial charge on any atom is -0.481 e. The molecule has 3 N–H and O–H groups in total. The third kappa shape index (κ3) is 2.88. The number of carboxylic acid groups (broad SMARTS) is 1. The molecule has 5 aliphatic rings. The quantitative estimate of drug-likeness (QED) is 0.418. The lowest BCUT2D eigenvalue weighted by Gasteiger charge is -2.71. The zero-order valence-electron chi connectivity index (χ0n) is 22.4. The molecule has 0 saturated heterocycles. The van der Waals surface area contributed by atoms with E-state index in [1.165, 1.54) is 5.57 Å². The van der Waals surface area contributed by atoms with E-state index in [1.807, 2.05) is 0 Å². The molecule has 0 spiro atoms. The molecule has 5 rings (SSSR count). The highest BCUT2D eigenvalue weighted by Gasteiger charge is 2.69. The smallest absolute Gasteiger partial charge is 0.310 e. The first-order valence-electron chi connectivity index (χ1n) is 13.9. The predicted molar refractivity (Wildman–Crippen MR) is 134 cm³/mol. The van der Waals surface area contributed by atoms with Crippen molar-refractivity contribution < 1.29 is 20.1 Å². The molecular formula is C30H48O4. The van der Waals surface area contributed by atoms with Gasteiger partial charge in [0, 0.05) is 5.41 Å². The highest BCUT2D eigenvalue weighted by molar-refractivity contribution is 5.76. The Balaban J connectivity index is 1.60. The van der Waals surface area contributed by atoms with Gasteiger partial charge in [0.05, 0.1) is 18.1 Å². The number of rotatable bonds is 2. The van der Waals surface area contributed by atoms with Crippen molar-refractivity contribution in [2.75, 3.05) is 6.61 Å². The lowest BCUT2D eigenvalue weighted by molar-refractivity contribution is -0.216. The van der Waals surface area contributed by atoms with Crippen LogP contribution >= 0.6 is 0 Å². The van der Waals surface area contributed by atoms with E-state index in [2.05, 4.69) is 47.6 Å². The van der Waals surface area contributed by atoms with Crippen molar-refractivity contribution in [1.29, 1.82) is 0 Å². The summed E-state index contributed by atoms with van der Waals surface area (Å²) in [5, 5.41) is 31.8. The average molecular weight is 473 g/mol. The van der Waals surface area contributed by atoms with Crippen molar-refractivity contribution in [1.82, 2.24) is 0 Å². The molecule has 9 atom stereocenters. The monoisotopic (exact) mass is 472 g/mol. The molecule has 4 nitrogen and oxygen atoms in total. The van der Waals surface area contributed by atoms with Gasteiger partial charge in [0.25, 0.3) is 0 Å². The van der Waals surface area contributed by atoms with E-state index in [0.717, 1.165) is 64.2 Å². The van der Waals surface area contributed by atoms with Crippen LogP contribution in [0.15, 0.2) is 11.6 Å². The van der Waals surface area contributed by atoms with Crippen LogP contribution < -0.4 is 0 Å². The second-order valence-corrected chi connectivity index (χ2v) is 14.9. The first kappa shape index (κ1) is 24.8. The van der Waals surface area contributed by atoms with Gasteiger partial charge in [-0.15, -0.1) is 0 Å². The van der Waals surface area contributed by atoms with E-state index in [-0.39, 0.29) is 34.2 Å². The van der Waals surface area contributed by atoms with Gasteiger partial charge in [-0.1, -0.05) is 53.2 Å². The van der Waals surface area contributed by atoms with Crippen LogP contribution in [0.25, 0.3) is 0 Å². The van der Waals surface area contributed by atoms with Gasteiger partial charge in [-0.25, -0.2) is 0 Å². The molecule has 34 heavy (non-hydrogen) atoms. The van der Waals surface area contributed by atoms with Crippen molar-refractivity contribution in [3.05, 3.63) is 11.6 Å². The summed E-state index contributed by atoms with van der Waals surface area (Å²) in [6, 6.07) is 0. The minimum absolute atomic E-state index is 0.0204. The molecule has 0 aromatic rings. The van der Waals surface area contributed by atoms with E-state index in [4.69, 9.17) is 0 Å². The number of carbonyl (C=O) groups is 1. The van der Waals surface area contributed by atoms with Crippen molar-refractivity contribution in [2.45, 2.75) is 112 Å². The molecular weight excluding hydrogens is 424 g/mol. The lowest BCUT2D eigenvalue weighted by atomic mass is 9.33. The van der Waals surface area contributed by atoms with E-state index in [0.29, 0.717) is 11.8 Å². The Bertz CT molecular complexity index is 907. The van der Waals surface area contributed by atoms with E-state index < -0.39 is 22.9 Å². The van der Waals surface area contributed by atoms with E-state index >= 15 is 0 Å². The van der Waals surface area contributed by atoms with Gasteiger partial charge in [0.1, 0.15) is 0 Å². The molecule has 5 aliphatic carbocycles. The zero-order valence-corrected chi connectivity index (χ0v) is 22.4. The summed E-state index contributed by atoms with van der Waals surface area (Å²) in [7, 11) is 0. The average Bonchev–Trinajstić information content (AvgIpc) is 2.76. The first-order valence-corrected chi connectivity index (χ1v) is 13.9. The molecule has 0 aliphatic heterocycles. The third-order valence-electron chi connectivity index (χ3n) is 13.2. The van der Waals surface area contributed by atoms with Gasteiger partial charge in [-0.05, 0) is 104 Å². The SMILES string of the molecule is CC1(C)CC[C@]2(C(=O)O)CC[C@@]3(C)C(=CC[C@H]4[C@@]5(C)CC[C@@H](O)[C@](C)(CO)[C@@H]5CC[C@]43C)[C@@H]2C1. The maximum absolute atomic E-state index is 12.8. The maximum Gasteiger partial charge on any atom is 0.310 e. The van der Waals surface area contributed by atoms with Crippen LogP contribution in [0, 0.1) is 50.2 Å². The highest BCUT2D eigenvalue weighted by atomic mass is 16.4. The first-order chi connectivity index (χ1) is 15.7. The molecule has 0 radical (unpaired) electrons. The number of fused-ring (bicyclic) bond motifs is 7. The van der Waals surface area contributed by atoms with Crippen molar-refractivity contribution >= 4 is 5.97 Å². The molecule has 4 saturated carbocycles. The fourth-order valence-corrected chi connectivity index (χ4v) is 10.7. The standard InChI is InChI=1S/C30H48O4/c1-25(2)13-15-30(24(33)34)16-14-28(5)19(20(30)17-25)7-8-22-26(3)11-10-23(32)27(4,18-31)21(26)9-12-29(22,28)6/h7,20-23,31-32H,8-18H2,1-6H3,(H,33,34)/t20-,21+,22-,23+,26-,27+,28-,29+,30-/m0/s1. The van der Waals surface area contributed by atoms with E-state index in [1.54, 1.807) is 0 Å². The molecule has 0 amide bonds. The van der Waals surface area contributed by atoms with Crippen molar-refractivity contribution in [2.24, 2.45) is 50.2 Å². The van der Waals surface area contributed by atoms with Gasteiger partial charge >= 0.3 is 5.97 Å². The zero-order chi connectivity index (χ0) is 24.9. The van der Waals surface area contributed by atoms with Crippen LogP contribution in [0.3, 0.4) is 0 Å². The van der Waals surface area contributed by atoms with Crippen LogP contribution in [0.4, 0.5) is 0 Å². The Labute approximate surface area is 206 Å². The summed E-state index contributed by atoms with van der Waals surface area (Å²) in [6.45, 7) is 14.3. The fourth-order valence-electron chi connectivity index (χ4n) is 10.7. The molecule has 4 fully saturated rings. The Hall–Kier alpha value is -0.870. The van der Waals surface area contributed by atoms with Gasteiger partial charge in [-0.2, -0.15) is 0 Å². The summed E-state index contributed by atoms with van der Waals surface area (Å²) in [6.07, 6.45) is 11.6. The Kier molecular flexibility index (Phi) is 5.36. The Morgan fingerprint density at radius 1 is 0.941 bits per heavy atom. The third-order valence-corrected chi connectivity index (χ3v) is 13.2.